The van der Waals surface area contributed by atoms with Crippen LogP contribution in [0.4, 0.5) is 0 Å². The van der Waals surface area contributed by atoms with E-state index in [4.69, 9.17) is 10.1 Å². The molecule has 0 bridgehead atoms. The van der Waals surface area contributed by atoms with Crippen molar-refractivity contribution in [3.63, 3.8) is 0 Å². The largest absolute Gasteiger partial charge is 0.232 e. The minimum atomic E-state index is 0.0307. The maximum atomic E-state index is 4.89. The molecule has 0 fully saturated rings. The number of rotatable bonds is 1. The summed E-state index contributed by atoms with van der Waals surface area (Å²) < 4.78 is 1.97. The average molecular weight is 279 g/mol. The van der Waals surface area contributed by atoms with Crippen molar-refractivity contribution >= 4 is 11.0 Å². The summed E-state index contributed by atoms with van der Waals surface area (Å²) in [5, 5.41) is 5.82. The molecule has 0 aliphatic carbocycles. The zero-order valence-corrected chi connectivity index (χ0v) is 13.3. The van der Waals surface area contributed by atoms with Gasteiger partial charge in [-0.1, -0.05) is 39.0 Å². The van der Waals surface area contributed by atoms with Crippen molar-refractivity contribution in [3.05, 3.63) is 53.3 Å². The van der Waals surface area contributed by atoms with Crippen molar-refractivity contribution < 1.29 is 0 Å². The van der Waals surface area contributed by atoms with Gasteiger partial charge in [-0.05, 0) is 37.6 Å². The Kier molecular flexibility index (Phi) is 3.08. The first-order valence-electron chi connectivity index (χ1n) is 7.31. The molecule has 0 saturated heterocycles. The highest BCUT2D eigenvalue weighted by molar-refractivity contribution is 5.80. The number of pyridine rings is 1. The lowest BCUT2D eigenvalue weighted by Gasteiger charge is -2.17. The molecule has 3 aromatic rings. The van der Waals surface area contributed by atoms with E-state index in [0.717, 1.165) is 28.1 Å². The number of aryl methyl sites for hydroxylation is 2. The van der Waals surface area contributed by atoms with Gasteiger partial charge in [-0.25, -0.2) is 9.67 Å². The van der Waals surface area contributed by atoms with Gasteiger partial charge in [0.25, 0.3) is 0 Å². The van der Waals surface area contributed by atoms with Crippen LogP contribution in [0.15, 0.2) is 36.4 Å². The van der Waals surface area contributed by atoms with Crippen molar-refractivity contribution in [1.82, 2.24) is 14.8 Å². The molecule has 2 heterocycles. The predicted molar refractivity (Wildman–Crippen MR) is 87.0 cm³/mol. The molecule has 0 atom stereocenters. The molecule has 0 aliphatic rings. The Morgan fingerprint density at radius 2 is 1.67 bits per heavy atom. The zero-order chi connectivity index (χ0) is 15.2. The number of hydrogen-bond acceptors (Lipinski definition) is 2. The molecular formula is C18H21N3. The van der Waals surface area contributed by atoms with Crippen LogP contribution < -0.4 is 0 Å². The molecule has 0 radical (unpaired) electrons. The molecule has 0 unspecified atom stereocenters. The van der Waals surface area contributed by atoms with Crippen LogP contribution in [0.1, 0.15) is 37.7 Å². The van der Waals surface area contributed by atoms with Crippen LogP contribution in [0.5, 0.6) is 0 Å². The van der Waals surface area contributed by atoms with Gasteiger partial charge in [0.15, 0.2) is 5.65 Å². The third-order valence-electron chi connectivity index (χ3n) is 3.83. The number of benzene rings is 1. The first kappa shape index (κ1) is 13.8. The summed E-state index contributed by atoms with van der Waals surface area (Å²) in [6.07, 6.45) is 0. The van der Waals surface area contributed by atoms with Crippen LogP contribution in [-0.2, 0) is 5.41 Å². The molecule has 0 N–H and O–H groups in total. The highest BCUT2D eigenvalue weighted by Gasteiger charge is 2.19. The number of fused-ring (bicyclic) bond motifs is 1. The highest BCUT2D eigenvalue weighted by atomic mass is 15.3. The van der Waals surface area contributed by atoms with E-state index >= 15 is 0 Å². The van der Waals surface area contributed by atoms with Crippen molar-refractivity contribution in [2.75, 3.05) is 0 Å². The van der Waals surface area contributed by atoms with E-state index in [2.05, 4.69) is 52.0 Å². The van der Waals surface area contributed by atoms with Crippen molar-refractivity contribution in [2.45, 2.75) is 40.0 Å². The molecule has 0 amide bonds. The predicted octanol–water partition coefficient (Wildman–Crippen LogP) is 4.33. The molecule has 0 saturated carbocycles. The molecule has 21 heavy (non-hydrogen) atoms. The fraction of sp³-hybridized carbons (Fsp3) is 0.333. The van der Waals surface area contributed by atoms with Crippen LogP contribution in [0.3, 0.4) is 0 Å². The zero-order valence-electron chi connectivity index (χ0n) is 13.3. The Morgan fingerprint density at radius 1 is 0.952 bits per heavy atom. The summed E-state index contributed by atoms with van der Waals surface area (Å²) in [4.78, 5) is 4.89. The second-order valence-electron chi connectivity index (χ2n) is 6.60. The summed E-state index contributed by atoms with van der Waals surface area (Å²) in [5.41, 5.74) is 5.36. The SMILES string of the molecule is Cc1ccccc1-n1nc(C)c2ccc(C(C)(C)C)nc21. The van der Waals surface area contributed by atoms with Crippen LogP contribution in [0, 0.1) is 13.8 Å². The van der Waals surface area contributed by atoms with Gasteiger partial charge >= 0.3 is 0 Å². The molecule has 3 heteroatoms. The van der Waals surface area contributed by atoms with E-state index in [1.807, 2.05) is 23.7 Å². The van der Waals surface area contributed by atoms with Crippen LogP contribution in [0.25, 0.3) is 16.7 Å². The first-order valence-corrected chi connectivity index (χ1v) is 7.31. The van der Waals surface area contributed by atoms with Gasteiger partial charge in [-0.15, -0.1) is 0 Å². The number of para-hydroxylation sites is 1. The standard InChI is InChI=1S/C18H21N3/c1-12-8-6-7-9-15(12)21-17-14(13(2)20-21)10-11-16(19-17)18(3,4)5/h6-11H,1-5H3. The molecule has 3 nitrogen and oxygen atoms in total. The van der Waals surface area contributed by atoms with Gasteiger partial charge in [0.1, 0.15) is 0 Å². The summed E-state index contributed by atoms with van der Waals surface area (Å²) >= 11 is 0. The van der Waals surface area contributed by atoms with E-state index in [1.54, 1.807) is 0 Å². The number of nitrogens with zero attached hydrogens (tertiary/aromatic N) is 3. The monoisotopic (exact) mass is 279 g/mol. The topological polar surface area (TPSA) is 30.7 Å². The number of hydrogen-bond donors (Lipinski definition) is 0. The Labute approximate surface area is 125 Å². The smallest absolute Gasteiger partial charge is 0.163 e. The summed E-state index contributed by atoms with van der Waals surface area (Å²) in [5.74, 6) is 0. The summed E-state index contributed by atoms with van der Waals surface area (Å²) in [6.45, 7) is 10.7. The van der Waals surface area contributed by atoms with Crippen LogP contribution in [0.2, 0.25) is 0 Å². The van der Waals surface area contributed by atoms with E-state index in [1.165, 1.54) is 5.56 Å². The van der Waals surface area contributed by atoms with Crippen LogP contribution >= 0.6 is 0 Å². The van der Waals surface area contributed by atoms with Gasteiger partial charge in [-0.3, -0.25) is 0 Å². The minimum Gasteiger partial charge on any atom is -0.232 e. The Morgan fingerprint density at radius 3 is 2.33 bits per heavy atom. The van der Waals surface area contributed by atoms with E-state index in [9.17, 15) is 0 Å². The van der Waals surface area contributed by atoms with Crippen molar-refractivity contribution in [1.29, 1.82) is 0 Å². The molecule has 0 spiro atoms. The molecular weight excluding hydrogens is 258 g/mol. The third-order valence-corrected chi connectivity index (χ3v) is 3.83. The fourth-order valence-electron chi connectivity index (χ4n) is 2.53. The van der Waals surface area contributed by atoms with Crippen molar-refractivity contribution in [3.8, 4) is 5.69 Å². The lowest BCUT2D eigenvalue weighted by molar-refractivity contribution is 0.570. The molecule has 108 valence electrons. The van der Waals surface area contributed by atoms with Crippen molar-refractivity contribution in [2.24, 2.45) is 0 Å². The molecule has 2 aromatic heterocycles. The van der Waals surface area contributed by atoms with Gasteiger partial charge in [0.2, 0.25) is 0 Å². The van der Waals surface area contributed by atoms with E-state index in [0.29, 0.717) is 0 Å². The van der Waals surface area contributed by atoms with Gasteiger partial charge in [-0.2, -0.15) is 5.10 Å². The Bertz CT molecular complexity index is 807. The molecule has 0 aliphatic heterocycles. The van der Waals surface area contributed by atoms with E-state index in [-0.39, 0.29) is 5.41 Å². The van der Waals surface area contributed by atoms with Gasteiger partial charge < -0.3 is 0 Å². The maximum absolute atomic E-state index is 4.89. The molecule has 1 aromatic carbocycles. The molecule has 3 rings (SSSR count). The normalized spacial score (nSPS) is 12.0. The van der Waals surface area contributed by atoms with Crippen LogP contribution in [-0.4, -0.2) is 14.8 Å². The third kappa shape index (κ3) is 2.33. The minimum absolute atomic E-state index is 0.0307. The highest BCUT2D eigenvalue weighted by Crippen LogP contribution is 2.26. The van der Waals surface area contributed by atoms with E-state index < -0.39 is 0 Å². The van der Waals surface area contributed by atoms with Gasteiger partial charge in [0.05, 0.1) is 11.4 Å². The Hall–Kier alpha value is -2.16. The summed E-state index contributed by atoms with van der Waals surface area (Å²) in [6, 6.07) is 12.5. The quantitative estimate of drug-likeness (QED) is 0.663. The average Bonchev–Trinajstić information content (AvgIpc) is 2.75. The first-order chi connectivity index (χ1) is 9.88. The van der Waals surface area contributed by atoms with Gasteiger partial charge in [0, 0.05) is 16.5 Å². The second-order valence-corrected chi connectivity index (χ2v) is 6.60. The lowest BCUT2D eigenvalue weighted by atomic mass is 9.91. The lowest BCUT2D eigenvalue weighted by Crippen LogP contribution is -2.14. The maximum Gasteiger partial charge on any atom is 0.163 e. The summed E-state index contributed by atoms with van der Waals surface area (Å²) in [7, 11) is 0. The Balaban J connectivity index is 2.31. The number of aromatic nitrogens is 3. The second kappa shape index (κ2) is 4.69. The fourth-order valence-corrected chi connectivity index (χ4v) is 2.53.